The molecule has 0 amide bonds. The van der Waals surface area contributed by atoms with Gasteiger partial charge in [0, 0.05) is 38.9 Å². The van der Waals surface area contributed by atoms with Gasteiger partial charge in [0.05, 0.1) is 0 Å². The van der Waals surface area contributed by atoms with E-state index in [0.717, 1.165) is 37.8 Å². The lowest BCUT2D eigenvalue weighted by atomic mass is 10.2. The number of anilines is 1. The number of nitrogens with one attached hydrogen (secondary N) is 2. The lowest BCUT2D eigenvalue weighted by Gasteiger charge is -2.21. The second kappa shape index (κ2) is 11.5. The summed E-state index contributed by atoms with van der Waals surface area (Å²) in [5, 5.41) is 6.71. The Morgan fingerprint density at radius 1 is 1.25 bits per heavy atom. The van der Waals surface area contributed by atoms with Gasteiger partial charge in [-0.1, -0.05) is 25.8 Å². The molecule has 136 valence electrons. The smallest absolute Gasteiger partial charge is 0.191 e. The maximum Gasteiger partial charge on any atom is 0.191 e. The Morgan fingerprint density at radius 3 is 2.50 bits per heavy atom. The first kappa shape index (κ1) is 21.0. The molecule has 0 aliphatic carbocycles. The van der Waals surface area contributed by atoms with E-state index in [-0.39, 0.29) is 24.0 Å². The van der Waals surface area contributed by atoms with Gasteiger partial charge >= 0.3 is 0 Å². The summed E-state index contributed by atoms with van der Waals surface area (Å²) in [6, 6.07) is 4.73. The van der Waals surface area contributed by atoms with E-state index >= 15 is 0 Å². The first-order chi connectivity index (χ1) is 11.2. The number of pyridine rings is 1. The van der Waals surface area contributed by atoms with Crippen LogP contribution in [0.15, 0.2) is 23.3 Å². The molecule has 0 aromatic carbocycles. The van der Waals surface area contributed by atoms with Crippen LogP contribution in [0.2, 0.25) is 0 Å². The molecule has 0 radical (unpaired) electrons. The standard InChI is InChI=1S/C18H31N5.HI/c1-4-15(2)22-18(19-3)21-14-16-9-10-17(20-13-16)23-11-7-5-6-8-12-23;/h9-10,13,15H,4-8,11-12,14H2,1-3H3,(H2,19,21,22);1H. The van der Waals surface area contributed by atoms with Gasteiger partial charge in [0.25, 0.3) is 0 Å². The predicted molar refractivity (Wildman–Crippen MR) is 113 cm³/mol. The molecule has 6 heteroatoms. The van der Waals surface area contributed by atoms with Crippen molar-refractivity contribution in [1.82, 2.24) is 15.6 Å². The fourth-order valence-corrected chi connectivity index (χ4v) is 2.72. The quantitative estimate of drug-likeness (QED) is 0.414. The number of hydrogen-bond donors (Lipinski definition) is 2. The van der Waals surface area contributed by atoms with E-state index in [2.05, 4.69) is 51.5 Å². The molecule has 0 bridgehead atoms. The topological polar surface area (TPSA) is 52.6 Å². The molecule has 0 spiro atoms. The molecule has 1 saturated heterocycles. The normalized spacial score (nSPS) is 16.8. The van der Waals surface area contributed by atoms with Gasteiger partial charge in [-0.15, -0.1) is 24.0 Å². The summed E-state index contributed by atoms with van der Waals surface area (Å²) in [5.41, 5.74) is 1.18. The van der Waals surface area contributed by atoms with Crippen molar-refractivity contribution in [1.29, 1.82) is 0 Å². The first-order valence-corrected chi connectivity index (χ1v) is 8.90. The number of guanidine groups is 1. The molecule has 2 heterocycles. The number of rotatable bonds is 5. The summed E-state index contributed by atoms with van der Waals surface area (Å²) in [5.74, 6) is 1.95. The SMILES string of the molecule is CCC(C)NC(=NC)NCc1ccc(N2CCCCCC2)nc1.I. The van der Waals surface area contributed by atoms with Gasteiger partial charge in [-0.05, 0) is 37.8 Å². The van der Waals surface area contributed by atoms with Gasteiger partial charge < -0.3 is 15.5 Å². The van der Waals surface area contributed by atoms with Crippen LogP contribution in [-0.2, 0) is 6.54 Å². The van der Waals surface area contributed by atoms with Crippen LogP contribution in [0, 0.1) is 0 Å². The number of aliphatic imine (C=N–C) groups is 1. The zero-order valence-electron chi connectivity index (χ0n) is 15.2. The molecule has 1 aliphatic heterocycles. The summed E-state index contributed by atoms with van der Waals surface area (Å²) in [7, 11) is 1.80. The van der Waals surface area contributed by atoms with Crippen molar-refractivity contribution in [2.24, 2.45) is 4.99 Å². The Kier molecular flexibility index (Phi) is 10.1. The van der Waals surface area contributed by atoms with Crippen molar-refractivity contribution < 1.29 is 0 Å². The molecule has 1 unspecified atom stereocenters. The highest BCUT2D eigenvalue weighted by molar-refractivity contribution is 14.0. The molecule has 1 aromatic rings. The van der Waals surface area contributed by atoms with Crippen LogP contribution in [-0.4, -0.2) is 37.1 Å². The number of nitrogens with zero attached hydrogens (tertiary/aromatic N) is 3. The minimum Gasteiger partial charge on any atom is -0.357 e. The number of halogens is 1. The van der Waals surface area contributed by atoms with Crippen molar-refractivity contribution in [3.8, 4) is 0 Å². The fourth-order valence-electron chi connectivity index (χ4n) is 2.72. The highest BCUT2D eigenvalue weighted by Crippen LogP contribution is 2.17. The van der Waals surface area contributed by atoms with Crippen molar-refractivity contribution in [3.63, 3.8) is 0 Å². The fraction of sp³-hybridized carbons (Fsp3) is 0.667. The van der Waals surface area contributed by atoms with Crippen LogP contribution >= 0.6 is 24.0 Å². The van der Waals surface area contributed by atoms with E-state index in [1.54, 1.807) is 7.05 Å². The maximum atomic E-state index is 4.65. The molecule has 2 rings (SSSR count). The van der Waals surface area contributed by atoms with Gasteiger partial charge in [-0.3, -0.25) is 4.99 Å². The molecule has 5 nitrogen and oxygen atoms in total. The molecule has 24 heavy (non-hydrogen) atoms. The lowest BCUT2D eigenvalue weighted by Crippen LogP contribution is -2.41. The first-order valence-electron chi connectivity index (χ1n) is 8.90. The lowest BCUT2D eigenvalue weighted by molar-refractivity contribution is 0.624. The molecule has 1 fully saturated rings. The van der Waals surface area contributed by atoms with Crippen molar-refractivity contribution in [3.05, 3.63) is 23.9 Å². The Bertz CT molecular complexity index is 481. The molecule has 1 atom stereocenters. The Morgan fingerprint density at radius 2 is 1.96 bits per heavy atom. The average molecular weight is 445 g/mol. The Hall–Kier alpha value is -1.05. The zero-order valence-corrected chi connectivity index (χ0v) is 17.5. The van der Waals surface area contributed by atoms with Crippen LogP contribution < -0.4 is 15.5 Å². The van der Waals surface area contributed by atoms with E-state index in [4.69, 9.17) is 0 Å². The van der Waals surface area contributed by atoms with Crippen LogP contribution in [0.3, 0.4) is 0 Å². The third kappa shape index (κ3) is 6.83. The van der Waals surface area contributed by atoms with Crippen molar-refractivity contribution in [2.45, 2.75) is 58.5 Å². The van der Waals surface area contributed by atoms with E-state index in [1.807, 2.05) is 6.20 Å². The predicted octanol–water partition coefficient (Wildman–Crippen LogP) is 3.54. The summed E-state index contributed by atoms with van der Waals surface area (Å²) in [6.07, 6.45) is 8.31. The molecule has 0 saturated carbocycles. The second-order valence-corrected chi connectivity index (χ2v) is 6.31. The maximum absolute atomic E-state index is 4.65. The molecular formula is C18H32IN5. The summed E-state index contributed by atoms with van der Waals surface area (Å²) in [4.78, 5) is 11.3. The van der Waals surface area contributed by atoms with E-state index in [9.17, 15) is 0 Å². The largest absolute Gasteiger partial charge is 0.357 e. The van der Waals surface area contributed by atoms with Crippen LogP contribution in [0.1, 0.15) is 51.5 Å². The van der Waals surface area contributed by atoms with Crippen LogP contribution in [0.5, 0.6) is 0 Å². The summed E-state index contributed by atoms with van der Waals surface area (Å²) >= 11 is 0. The van der Waals surface area contributed by atoms with Gasteiger partial charge in [0.2, 0.25) is 0 Å². The van der Waals surface area contributed by atoms with Crippen molar-refractivity contribution >= 4 is 35.8 Å². The summed E-state index contributed by atoms with van der Waals surface area (Å²) < 4.78 is 0. The number of hydrogen-bond acceptors (Lipinski definition) is 3. The second-order valence-electron chi connectivity index (χ2n) is 6.31. The van der Waals surface area contributed by atoms with E-state index in [1.165, 1.54) is 31.2 Å². The van der Waals surface area contributed by atoms with E-state index < -0.39 is 0 Å². The summed E-state index contributed by atoms with van der Waals surface area (Å²) in [6.45, 7) is 7.33. The van der Waals surface area contributed by atoms with E-state index in [0.29, 0.717) is 6.04 Å². The van der Waals surface area contributed by atoms with Crippen molar-refractivity contribution in [2.75, 3.05) is 25.0 Å². The molecule has 1 aromatic heterocycles. The van der Waals surface area contributed by atoms with Crippen LogP contribution in [0.25, 0.3) is 0 Å². The third-order valence-corrected chi connectivity index (χ3v) is 4.42. The highest BCUT2D eigenvalue weighted by atomic mass is 127. The molecular weight excluding hydrogens is 413 g/mol. The Balaban J connectivity index is 0.00000288. The van der Waals surface area contributed by atoms with Gasteiger partial charge in [0.1, 0.15) is 5.82 Å². The third-order valence-electron chi connectivity index (χ3n) is 4.42. The minimum absolute atomic E-state index is 0. The molecule has 2 N–H and O–H groups in total. The monoisotopic (exact) mass is 445 g/mol. The van der Waals surface area contributed by atoms with Gasteiger partial charge in [0.15, 0.2) is 5.96 Å². The Labute approximate surface area is 163 Å². The van der Waals surface area contributed by atoms with Gasteiger partial charge in [-0.25, -0.2) is 4.98 Å². The number of aromatic nitrogens is 1. The zero-order chi connectivity index (χ0) is 16.5. The minimum atomic E-state index is 0. The average Bonchev–Trinajstić information content (AvgIpc) is 2.88. The van der Waals surface area contributed by atoms with Crippen LogP contribution in [0.4, 0.5) is 5.82 Å². The van der Waals surface area contributed by atoms with Gasteiger partial charge in [-0.2, -0.15) is 0 Å². The molecule has 1 aliphatic rings. The highest BCUT2D eigenvalue weighted by Gasteiger charge is 2.10.